The fourth-order valence-electron chi connectivity index (χ4n) is 25.4. The molecule has 0 aromatic heterocycles. The molecule has 0 spiro atoms. The maximum Gasteiger partial charge on any atom is 0.312 e. The van der Waals surface area contributed by atoms with Crippen molar-refractivity contribution in [2.45, 2.75) is 663 Å². The zero-order valence-corrected chi connectivity index (χ0v) is 83.2. The standard InChI is InChI=1S/C112H224O2/c1-18-35-51-68-86-104(87-69-52-36-19-2)88-70-67-75-93-107(105(113)114-34-17,92-74-56-40-23-6)109(96-78-59-43-26-9,97-79-60-44-27-10)111(100-82-63-47-30-13,101-83-64-48-31-14)112(102-84-65-49-32-15,103-85-66-50-33-16)110(98-80-61-45-28-11,99-81-62-46-29-12)108(94-76-57-41-24-7,95-77-58-42-25-8)106(89-71-53-37-20-3,90-72-54-38-21-4)91-73-55-39-22-5/h104H,18-103H2,1-17H3. The molecule has 0 aliphatic rings. The van der Waals surface area contributed by atoms with Gasteiger partial charge in [-0.15, -0.1) is 0 Å². The minimum absolute atomic E-state index is 0.00874. The predicted octanol–water partition coefficient (Wildman–Crippen LogP) is 41.5. The summed E-state index contributed by atoms with van der Waals surface area (Å²) in [5.41, 5.74) is -0.379. The first-order chi connectivity index (χ1) is 55.8. The van der Waals surface area contributed by atoms with Gasteiger partial charge in [0.2, 0.25) is 0 Å². The van der Waals surface area contributed by atoms with E-state index in [2.05, 4.69) is 118 Å². The van der Waals surface area contributed by atoms with Gasteiger partial charge in [0.25, 0.3) is 0 Å². The van der Waals surface area contributed by atoms with Crippen molar-refractivity contribution in [3.8, 4) is 0 Å². The second kappa shape index (κ2) is 77.3. The molecule has 0 fully saturated rings. The molecule has 1 atom stereocenters. The van der Waals surface area contributed by atoms with Crippen LogP contribution in [0.5, 0.6) is 0 Å². The van der Waals surface area contributed by atoms with Crippen LogP contribution in [0.2, 0.25) is 0 Å². The normalized spacial score (nSPS) is 13.4. The quantitative estimate of drug-likeness (QED) is 0.0448. The number of carbonyl (C=O) groups is 1. The first-order valence-corrected chi connectivity index (χ1v) is 55.0. The number of hydrogen-bond acceptors (Lipinski definition) is 2. The highest BCUT2D eigenvalue weighted by molar-refractivity contribution is 5.78. The van der Waals surface area contributed by atoms with Crippen molar-refractivity contribution >= 4 is 5.97 Å². The van der Waals surface area contributed by atoms with E-state index in [0.717, 1.165) is 18.8 Å². The molecule has 0 rings (SSSR count). The van der Waals surface area contributed by atoms with Crippen molar-refractivity contribution in [1.82, 2.24) is 0 Å². The summed E-state index contributed by atoms with van der Waals surface area (Å²) in [4.78, 5) is 18.4. The van der Waals surface area contributed by atoms with Gasteiger partial charge < -0.3 is 4.74 Å². The summed E-state index contributed by atoms with van der Waals surface area (Å²) in [6.07, 6.45) is 115. The first-order valence-electron chi connectivity index (χ1n) is 55.0. The summed E-state index contributed by atoms with van der Waals surface area (Å²) >= 11 is 0. The lowest BCUT2D eigenvalue weighted by atomic mass is 9.26. The smallest absolute Gasteiger partial charge is 0.312 e. The molecule has 0 saturated heterocycles. The lowest BCUT2D eigenvalue weighted by Gasteiger charge is -2.77. The Bertz CT molecular complexity index is 1860. The molecule has 0 amide bonds. The maximum absolute atomic E-state index is 18.4. The third-order valence-corrected chi connectivity index (χ3v) is 31.5. The summed E-state index contributed by atoms with van der Waals surface area (Å²) in [7, 11) is 0. The third-order valence-electron chi connectivity index (χ3n) is 31.5. The van der Waals surface area contributed by atoms with E-state index in [1.165, 1.54) is 533 Å². The van der Waals surface area contributed by atoms with Crippen molar-refractivity contribution in [3.63, 3.8) is 0 Å². The van der Waals surface area contributed by atoms with E-state index in [4.69, 9.17) is 4.74 Å². The molecule has 1 unspecified atom stereocenters. The second-order valence-corrected chi connectivity index (χ2v) is 40.0. The molecule has 0 radical (unpaired) electrons. The minimum Gasteiger partial charge on any atom is -0.466 e. The lowest BCUT2D eigenvalue weighted by Crippen LogP contribution is -2.71. The Labute approximate surface area is 725 Å². The number of hydrogen-bond donors (Lipinski definition) is 0. The molecule has 0 aromatic rings. The number of rotatable bonds is 94. The zero-order valence-electron chi connectivity index (χ0n) is 83.2. The van der Waals surface area contributed by atoms with Crippen LogP contribution in [0.3, 0.4) is 0 Å². The predicted molar refractivity (Wildman–Crippen MR) is 520 cm³/mol. The van der Waals surface area contributed by atoms with E-state index >= 15 is 4.79 Å². The van der Waals surface area contributed by atoms with Crippen LogP contribution in [0.1, 0.15) is 663 Å². The van der Waals surface area contributed by atoms with Gasteiger partial charge in [-0.2, -0.15) is 0 Å². The van der Waals surface area contributed by atoms with Gasteiger partial charge in [0.1, 0.15) is 0 Å². The SMILES string of the molecule is CCCCCCC(CCCCCC)CCCCCC(CCCCCC)(C(=O)OCC)C(CCCCCC)(CCCCCC)C(CCCCCC)(CCCCCC)C(CCCCCC)(CCCCCC)C(CCCCCC)(CCCCCC)C(CCCCCC)(CCCCCC)C(CCCCCC)(CCCCCC)CCCCCC. The maximum atomic E-state index is 18.4. The summed E-state index contributed by atoms with van der Waals surface area (Å²) in [6.45, 7) is 43.1. The van der Waals surface area contributed by atoms with Gasteiger partial charge in [0.15, 0.2) is 0 Å². The molecular formula is C112H224O2. The van der Waals surface area contributed by atoms with Gasteiger partial charge in [0, 0.05) is 0 Å². The Hall–Kier alpha value is -0.530. The molecule has 2 heteroatoms. The monoisotopic (exact) mass is 1600 g/mol. The molecule has 114 heavy (non-hydrogen) atoms. The van der Waals surface area contributed by atoms with Crippen LogP contribution in [-0.2, 0) is 9.53 Å². The molecular weight excluding hydrogens is 1380 g/mol. The Balaban J connectivity index is 12.6. The van der Waals surface area contributed by atoms with Crippen molar-refractivity contribution in [1.29, 1.82) is 0 Å². The highest BCUT2D eigenvalue weighted by Crippen LogP contribution is 2.83. The van der Waals surface area contributed by atoms with Crippen LogP contribution in [0, 0.1) is 43.8 Å². The average Bonchev–Trinajstić information content (AvgIpc) is 0.659. The molecule has 0 N–H and O–H groups in total. The van der Waals surface area contributed by atoms with Crippen LogP contribution < -0.4 is 0 Å². The molecule has 684 valence electrons. The number of carbonyl (C=O) groups excluding carboxylic acids is 1. The van der Waals surface area contributed by atoms with Gasteiger partial charge in [-0.25, -0.2) is 0 Å². The van der Waals surface area contributed by atoms with E-state index in [0.29, 0.717) is 12.6 Å². The van der Waals surface area contributed by atoms with Crippen LogP contribution in [-0.4, -0.2) is 12.6 Å². The third kappa shape index (κ3) is 41.3. The van der Waals surface area contributed by atoms with Crippen LogP contribution in [0.15, 0.2) is 0 Å². The molecule has 0 aliphatic heterocycles. The number of esters is 1. The molecule has 0 aliphatic carbocycles. The molecule has 2 nitrogen and oxygen atoms in total. The van der Waals surface area contributed by atoms with Crippen molar-refractivity contribution in [2.75, 3.05) is 6.61 Å². The van der Waals surface area contributed by atoms with E-state index < -0.39 is 5.41 Å². The van der Waals surface area contributed by atoms with Crippen LogP contribution in [0.4, 0.5) is 0 Å². The Kier molecular flexibility index (Phi) is 76.9. The molecule has 0 aromatic carbocycles. The van der Waals surface area contributed by atoms with E-state index in [-0.39, 0.29) is 32.5 Å². The van der Waals surface area contributed by atoms with Crippen molar-refractivity contribution in [2.24, 2.45) is 43.8 Å². The highest BCUT2D eigenvalue weighted by Gasteiger charge is 2.77. The van der Waals surface area contributed by atoms with Crippen LogP contribution in [0.25, 0.3) is 0 Å². The summed E-state index contributed by atoms with van der Waals surface area (Å²) in [5, 5.41) is 0. The van der Waals surface area contributed by atoms with Gasteiger partial charge in [0.05, 0.1) is 12.0 Å². The number of unbranched alkanes of at least 4 members (excludes halogenated alkanes) is 50. The van der Waals surface area contributed by atoms with E-state index in [9.17, 15) is 0 Å². The Morgan fingerprint density at radius 1 is 0.175 bits per heavy atom. The zero-order chi connectivity index (χ0) is 84.2. The molecule has 0 saturated carbocycles. The summed E-state index contributed by atoms with van der Waals surface area (Å²) in [6, 6.07) is 0. The molecule has 0 heterocycles. The number of ether oxygens (including phenoxy) is 1. The molecule has 0 bridgehead atoms. The minimum atomic E-state index is -0.568. The second-order valence-electron chi connectivity index (χ2n) is 40.0. The Morgan fingerprint density at radius 2 is 0.333 bits per heavy atom. The average molecular weight is 1600 g/mol. The van der Waals surface area contributed by atoms with Gasteiger partial charge in [-0.3, -0.25) is 4.79 Å². The summed E-state index contributed by atoms with van der Waals surface area (Å²) in [5.74, 6) is 1.19. The lowest BCUT2D eigenvalue weighted by molar-refractivity contribution is -0.293. The van der Waals surface area contributed by atoms with Gasteiger partial charge in [-0.1, -0.05) is 560 Å². The van der Waals surface area contributed by atoms with Gasteiger partial charge in [-0.05, 0) is 142 Å². The highest BCUT2D eigenvalue weighted by atomic mass is 16.5. The summed E-state index contributed by atoms with van der Waals surface area (Å²) < 4.78 is 7.57. The van der Waals surface area contributed by atoms with Crippen molar-refractivity contribution < 1.29 is 9.53 Å². The fraction of sp³-hybridized carbons (Fsp3) is 0.991. The van der Waals surface area contributed by atoms with Crippen molar-refractivity contribution in [3.05, 3.63) is 0 Å². The van der Waals surface area contributed by atoms with Crippen LogP contribution >= 0.6 is 0 Å². The van der Waals surface area contributed by atoms with Gasteiger partial charge >= 0.3 is 5.97 Å². The fourth-order valence-corrected chi connectivity index (χ4v) is 25.4. The largest absolute Gasteiger partial charge is 0.466 e. The van der Waals surface area contributed by atoms with E-state index in [1.54, 1.807) is 0 Å². The Morgan fingerprint density at radius 3 is 0.544 bits per heavy atom. The van der Waals surface area contributed by atoms with E-state index in [1.807, 2.05) is 0 Å². The first kappa shape index (κ1) is 113. The topological polar surface area (TPSA) is 26.3 Å².